The highest BCUT2D eigenvalue weighted by molar-refractivity contribution is 5.98. The van der Waals surface area contributed by atoms with Gasteiger partial charge in [-0.25, -0.2) is 0 Å². The first kappa shape index (κ1) is 15.1. The monoisotopic (exact) mass is 314 g/mol. The Morgan fingerprint density at radius 2 is 2.26 bits per heavy atom. The summed E-state index contributed by atoms with van der Waals surface area (Å²) in [6, 6.07) is 8.60. The molecule has 0 bridgehead atoms. The minimum absolute atomic E-state index is 0.0233. The van der Waals surface area contributed by atoms with Gasteiger partial charge in [0.05, 0.1) is 24.4 Å². The zero-order valence-corrected chi connectivity index (χ0v) is 12.8. The Balaban J connectivity index is 1.63. The van der Waals surface area contributed by atoms with Gasteiger partial charge in [0.2, 0.25) is 11.8 Å². The number of benzene rings is 1. The van der Waals surface area contributed by atoms with Crippen molar-refractivity contribution in [1.29, 1.82) is 0 Å². The predicted molar refractivity (Wildman–Crippen MR) is 83.7 cm³/mol. The summed E-state index contributed by atoms with van der Waals surface area (Å²) in [5, 5.41) is 12.5. The van der Waals surface area contributed by atoms with Gasteiger partial charge in [0.15, 0.2) is 0 Å². The first-order valence-electron chi connectivity index (χ1n) is 7.43. The van der Waals surface area contributed by atoms with Crippen LogP contribution in [-0.4, -0.2) is 28.4 Å². The molecule has 0 saturated carbocycles. The van der Waals surface area contributed by atoms with E-state index in [4.69, 9.17) is 4.42 Å². The Bertz CT molecular complexity index is 724. The molecule has 120 valence electrons. The molecule has 2 N–H and O–H groups in total. The molecule has 3 rings (SSSR count). The second-order valence-electron chi connectivity index (χ2n) is 5.76. The van der Waals surface area contributed by atoms with Gasteiger partial charge in [-0.3, -0.25) is 9.59 Å². The van der Waals surface area contributed by atoms with Crippen molar-refractivity contribution in [2.45, 2.75) is 19.9 Å². The molecular formula is C17H18N2O4. The van der Waals surface area contributed by atoms with Crippen LogP contribution in [0.1, 0.15) is 17.7 Å². The van der Waals surface area contributed by atoms with Crippen molar-refractivity contribution in [1.82, 2.24) is 4.90 Å². The van der Waals surface area contributed by atoms with Crippen LogP contribution < -0.4 is 5.32 Å². The SMILES string of the molecule is Cc1ccc(NC(=O)C2CC(=O)N(Cc3ccco3)C2)c(O)c1. The topological polar surface area (TPSA) is 82.8 Å². The van der Waals surface area contributed by atoms with Gasteiger partial charge in [-0.15, -0.1) is 0 Å². The van der Waals surface area contributed by atoms with E-state index >= 15 is 0 Å². The summed E-state index contributed by atoms with van der Waals surface area (Å²) in [6.45, 7) is 2.57. The van der Waals surface area contributed by atoms with E-state index in [0.717, 1.165) is 5.56 Å². The van der Waals surface area contributed by atoms with Crippen LogP contribution in [0.15, 0.2) is 41.0 Å². The molecule has 0 aliphatic carbocycles. The van der Waals surface area contributed by atoms with E-state index in [-0.39, 0.29) is 24.0 Å². The van der Waals surface area contributed by atoms with Gasteiger partial charge < -0.3 is 19.7 Å². The van der Waals surface area contributed by atoms with Gasteiger partial charge in [0, 0.05) is 13.0 Å². The van der Waals surface area contributed by atoms with Crippen molar-refractivity contribution in [2.75, 3.05) is 11.9 Å². The Labute approximate surface area is 133 Å². The third-order valence-electron chi connectivity index (χ3n) is 3.92. The van der Waals surface area contributed by atoms with Gasteiger partial charge in [0.25, 0.3) is 0 Å². The summed E-state index contributed by atoms with van der Waals surface area (Å²) in [4.78, 5) is 26.0. The molecule has 1 atom stereocenters. The zero-order chi connectivity index (χ0) is 16.4. The van der Waals surface area contributed by atoms with Crippen LogP contribution in [0.4, 0.5) is 5.69 Å². The van der Waals surface area contributed by atoms with Crippen LogP contribution in [-0.2, 0) is 16.1 Å². The smallest absolute Gasteiger partial charge is 0.229 e. The number of hydrogen-bond acceptors (Lipinski definition) is 4. The van der Waals surface area contributed by atoms with E-state index in [2.05, 4.69) is 5.32 Å². The first-order valence-corrected chi connectivity index (χ1v) is 7.43. The fraction of sp³-hybridized carbons (Fsp3) is 0.294. The summed E-state index contributed by atoms with van der Waals surface area (Å²) < 4.78 is 5.23. The zero-order valence-electron chi connectivity index (χ0n) is 12.8. The molecule has 1 aliphatic rings. The summed E-state index contributed by atoms with van der Waals surface area (Å²) in [5.74, 6) is -0.0574. The Morgan fingerprint density at radius 1 is 1.43 bits per heavy atom. The molecule has 6 nitrogen and oxygen atoms in total. The lowest BCUT2D eigenvalue weighted by Gasteiger charge is -2.15. The predicted octanol–water partition coefficient (Wildman–Crippen LogP) is 2.28. The van der Waals surface area contributed by atoms with E-state index in [9.17, 15) is 14.7 Å². The Morgan fingerprint density at radius 3 is 2.96 bits per heavy atom. The molecule has 2 aromatic rings. The third-order valence-corrected chi connectivity index (χ3v) is 3.92. The van der Waals surface area contributed by atoms with Gasteiger partial charge >= 0.3 is 0 Å². The summed E-state index contributed by atoms with van der Waals surface area (Å²) in [6.07, 6.45) is 1.72. The Hall–Kier alpha value is -2.76. The highest BCUT2D eigenvalue weighted by atomic mass is 16.3. The van der Waals surface area contributed by atoms with Gasteiger partial charge in [-0.05, 0) is 36.8 Å². The molecule has 1 aromatic carbocycles. The number of phenols is 1. The molecule has 0 radical (unpaired) electrons. The molecule has 2 heterocycles. The number of nitrogens with one attached hydrogen (secondary N) is 1. The third kappa shape index (κ3) is 3.36. The second kappa shape index (κ2) is 6.16. The van der Waals surface area contributed by atoms with Crippen molar-refractivity contribution in [3.63, 3.8) is 0 Å². The van der Waals surface area contributed by atoms with E-state index in [1.54, 1.807) is 41.5 Å². The van der Waals surface area contributed by atoms with Gasteiger partial charge in [0.1, 0.15) is 11.5 Å². The fourth-order valence-corrected chi connectivity index (χ4v) is 2.67. The number of rotatable bonds is 4. The number of carbonyl (C=O) groups excluding carboxylic acids is 2. The number of likely N-dealkylation sites (tertiary alicyclic amines) is 1. The van der Waals surface area contributed by atoms with Crippen LogP contribution in [0.3, 0.4) is 0 Å². The molecule has 23 heavy (non-hydrogen) atoms. The van der Waals surface area contributed by atoms with Crippen LogP contribution in [0.2, 0.25) is 0 Å². The number of furan rings is 1. The lowest BCUT2D eigenvalue weighted by Crippen LogP contribution is -2.27. The first-order chi connectivity index (χ1) is 11.0. The fourth-order valence-electron chi connectivity index (χ4n) is 2.67. The molecule has 0 spiro atoms. The number of carbonyl (C=O) groups is 2. The van der Waals surface area contributed by atoms with Crippen LogP contribution in [0.5, 0.6) is 5.75 Å². The number of aromatic hydroxyl groups is 1. The maximum atomic E-state index is 12.3. The van der Waals surface area contributed by atoms with Crippen LogP contribution in [0.25, 0.3) is 0 Å². The van der Waals surface area contributed by atoms with Crippen molar-refractivity contribution in [3.05, 3.63) is 47.9 Å². The highest BCUT2D eigenvalue weighted by Crippen LogP contribution is 2.26. The standard InChI is InChI=1S/C17H18N2O4/c1-11-4-5-14(15(20)7-11)18-17(22)12-8-16(21)19(9-12)10-13-3-2-6-23-13/h2-7,12,20H,8-10H2,1H3,(H,18,22). The molecule has 1 fully saturated rings. The number of nitrogens with zero attached hydrogens (tertiary/aromatic N) is 1. The lowest BCUT2D eigenvalue weighted by molar-refractivity contribution is -0.128. The largest absolute Gasteiger partial charge is 0.506 e. The summed E-state index contributed by atoms with van der Waals surface area (Å²) in [5.41, 5.74) is 1.26. The second-order valence-corrected chi connectivity index (χ2v) is 5.76. The minimum Gasteiger partial charge on any atom is -0.506 e. The average molecular weight is 314 g/mol. The normalized spacial score (nSPS) is 17.5. The van der Waals surface area contributed by atoms with Crippen LogP contribution >= 0.6 is 0 Å². The number of anilines is 1. The molecular weight excluding hydrogens is 296 g/mol. The van der Waals surface area contributed by atoms with E-state index < -0.39 is 5.92 Å². The van der Waals surface area contributed by atoms with Crippen molar-refractivity contribution in [2.24, 2.45) is 5.92 Å². The molecule has 2 amide bonds. The highest BCUT2D eigenvalue weighted by Gasteiger charge is 2.34. The van der Waals surface area contributed by atoms with Crippen molar-refractivity contribution >= 4 is 17.5 Å². The average Bonchev–Trinajstić information content (AvgIpc) is 3.13. The summed E-state index contributed by atoms with van der Waals surface area (Å²) in [7, 11) is 0. The van der Waals surface area contributed by atoms with E-state index in [0.29, 0.717) is 24.5 Å². The van der Waals surface area contributed by atoms with Crippen LogP contribution in [0, 0.1) is 12.8 Å². The number of hydrogen-bond donors (Lipinski definition) is 2. The van der Waals surface area contributed by atoms with Gasteiger partial charge in [-0.1, -0.05) is 6.07 Å². The summed E-state index contributed by atoms with van der Waals surface area (Å²) >= 11 is 0. The molecule has 1 aromatic heterocycles. The number of aryl methyl sites for hydroxylation is 1. The molecule has 6 heteroatoms. The van der Waals surface area contributed by atoms with Crippen molar-refractivity contribution in [3.8, 4) is 5.75 Å². The molecule has 1 saturated heterocycles. The van der Waals surface area contributed by atoms with E-state index in [1.807, 2.05) is 6.92 Å². The number of phenolic OH excluding ortho intramolecular Hbond substituents is 1. The lowest BCUT2D eigenvalue weighted by atomic mass is 10.1. The van der Waals surface area contributed by atoms with E-state index in [1.165, 1.54) is 0 Å². The maximum Gasteiger partial charge on any atom is 0.229 e. The maximum absolute atomic E-state index is 12.3. The van der Waals surface area contributed by atoms with Gasteiger partial charge in [-0.2, -0.15) is 0 Å². The quantitative estimate of drug-likeness (QED) is 0.848. The minimum atomic E-state index is -0.432. The molecule has 1 unspecified atom stereocenters. The molecule has 1 aliphatic heterocycles. The van der Waals surface area contributed by atoms with Crippen molar-refractivity contribution < 1.29 is 19.1 Å². The Kier molecular flexibility index (Phi) is 4.06. The number of amides is 2.